The van der Waals surface area contributed by atoms with Gasteiger partial charge in [0.25, 0.3) is 11.8 Å². The van der Waals surface area contributed by atoms with Crippen LogP contribution < -0.4 is 14.2 Å². The minimum atomic E-state index is -0.685. The maximum atomic E-state index is 12.8. The molecule has 1 atom stereocenters. The van der Waals surface area contributed by atoms with Crippen LogP contribution in [-0.2, 0) is 9.59 Å². The van der Waals surface area contributed by atoms with E-state index in [4.69, 9.17) is 37.4 Å². The van der Waals surface area contributed by atoms with Crippen LogP contribution in [0.5, 0.6) is 17.2 Å². The molecule has 0 N–H and O–H groups in total. The number of amides is 2. The number of carbonyl (C=O) groups excluding carboxylic acids is 2. The van der Waals surface area contributed by atoms with Gasteiger partial charge in [0.05, 0.1) is 5.02 Å². The Balaban J connectivity index is 1.27. The zero-order valence-corrected chi connectivity index (χ0v) is 17.6. The van der Waals surface area contributed by atoms with Crippen molar-refractivity contribution >= 4 is 35.0 Å². The van der Waals surface area contributed by atoms with Crippen molar-refractivity contribution in [2.24, 2.45) is 0 Å². The highest BCUT2D eigenvalue weighted by atomic mass is 35.5. The molecule has 0 bridgehead atoms. The monoisotopic (exact) mass is 450 g/mol. The highest BCUT2D eigenvalue weighted by Gasteiger charge is 2.33. The Hall–Kier alpha value is -2.64. The average Bonchev–Trinajstić information content (AvgIpc) is 2.78. The number of rotatable bonds is 4. The number of hydrogen-bond donors (Lipinski definition) is 0. The summed E-state index contributed by atoms with van der Waals surface area (Å²) >= 11 is 12.0. The van der Waals surface area contributed by atoms with E-state index in [9.17, 15) is 9.59 Å². The first-order chi connectivity index (χ1) is 14.5. The Bertz CT molecular complexity index is 947. The van der Waals surface area contributed by atoms with E-state index >= 15 is 0 Å². The molecule has 30 heavy (non-hydrogen) atoms. The van der Waals surface area contributed by atoms with Crippen LogP contribution in [0.15, 0.2) is 42.5 Å². The summed E-state index contributed by atoms with van der Waals surface area (Å²) in [5.41, 5.74) is 0. The fraction of sp³-hybridized carbons (Fsp3) is 0.333. The lowest BCUT2D eigenvalue weighted by molar-refractivity contribution is -0.146. The van der Waals surface area contributed by atoms with Gasteiger partial charge in [-0.15, -0.1) is 0 Å². The molecule has 0 radical (unpaired) electrons. The van der Waals surface area contributed by atoms with E-state index in [0.717, 1.165) is 0 Å². The summed E-state index contributed by atoms with van der Waals surface area (Å²) in [7, 11) is 0. The van der Waals surface area contributed by atoms with Gasteiger partial charge >= 0.3 is 0 Å². The summed E-state index contributed by atoms with van der Waals surface area (Å²) in [6.07, 6.45) is -0.685. The fourth-order valence-corrected chi connectivity index (χ4v) is 3.67. The zero-order valence-electron chi connectivity index (χ0n) is 16.1. The molecule has 158 valence electrons. The second-order valence-electron chi connectivity index (χ2n) is 6.93. The van der Waals surface area contributed by atoms with Gasteiger partial charge in [0, 0.05) is 37.3 Å². The molecule has 2 aliphatic rings. The Labute approximate surface area is 184 Å². The smallest absolute Gasteiger partial charge is 0.267 e. The number of halogens is 2. The molecule has 7 nitrogen and oxygen atoms in total. The number of para-hydroxylation sites is 2. The predicted octanol–water partition coefficient (Wildman–Crippen LogP) is 2.88. The molecule has 0 saturated carbocycles. The van der Waals surface area contributed by atoms with E-state index in [1.165, 1.54) is 0 Å². The van der Waals surface area contributed by atoms with Gasteiger partial charge in [-0.05, 0) is 24.3 Å². The van der Waals surface area contributed by atoms with E-state index in [-0.39, 0.29) is 25.0 Å². The van der Waals surface area contributed by atoms with E-state index in [0.29, 0.717) is 53.5 Å². The second-order valence-corrected chi connectivity index (χ2v) is 7.78. The van der Waals surface area contributed by atoms with Crippen molar-refractivity contribution in [1.29, 1.82) is 0 Å². The molecule has 1 unspecified atom stereocenters. The molecule has 2 heterocycles. The number of ether oxygens (including phenoxy) is 3. The third kappa shape index (κ3) is 4.57. The first-order valence-corrected chi connectivity index (χ1v) is 10.3. The van der Waals surface area contributed by atoms with Crippen LogP contribution in [0, 0.1) is 0 Å². The lowest BCUT2D eigenvalue weighted by atomic mass is 10.2. The molecule has 2 amide bonds. The summed E-state index contributed by atoms with van der Waals surface area (Å²) in [4.78, 5) is 28.6. The molecule has 2 aromatic carbocycles. The van der Waals surface area contributed by atoms with Crippen LogP contribution in [0.1, 0.15) is 0 Å². The Kier molecular flexibility index (Phi) is 6.20. The predicted molar refractivity (Wildman–Crippen MR) is 111 cm³/mol. The Morgan fingerprint density at radius 3 is 2.47 bits per heavy atom. The van der Waals surface area contributed by atoms with Crippen LogP contribution in [0.2, 0.25) is 10.0 Å². The summed E-state index contributed by atoms with van der Waals surface area (Å²) in [5.74, 6) is 1.24. The lowest BCUT2D eigenvalue weighted by Gasteiger charge is -2.37. The number of fused-ring (bicyclic) bond motifs is 1. The molecule has 2 aliphatic heterocycles. The average molecular weight is 451 g/mol. The molecule has 0 aromatic heterocycles. The third-order valence-corrected chi connectivity index (χ3v) is 5.52. The lowest BCUT2D eigenvalue weighted by Crippen LogP contribution is -2.55. The van der Waals surface area contributed by atoms with E-state index in [1.54, 1.807) is 40.1 Å². The van der Waals surface area contributed by atoms with Gasteiger partial charge in [0.15, 0.2) is 18.1 Å². The summed E-state index contributed by atoms with van der Waals surface area (Å²) in [5, 5.41) is 0.865. The first-order valence-electron chi connectivity index (χ1n) is 9.54. The highest BCUT2D eigenvalue weighted by Crippen LogP contribution is 2.31. The van der Waals surface area contributed by atoms with Crippen LogP contribution in [0.3, 0.4) is 0 Å². The number of nitrogens with zero attached hydrogens (tertiary/aromatic N) is 2. The van der Waals surface area contributed by atoms with Crippen LogP contribution in [0.4, 0.5) is 0 Å². The van der Waals surface area contributed by atoms with Gasteiger partial charge in [-0.2, -0.15) is 0 Å². The van der Waals surface area contributed by atoms with E-state index in [1.807, 2.05) is 12.1 Å². The Morgan fingerprint density at radius 2 is 1.70 bits per heavy atom. The largest absolute Gasteiger partial charge is 0.485 e. The van der Waals surface area contributed by atoms with Crippen LogP contribution in [0.25, 0.3) is 0 Å². The summed E-state index contributed by atoms with van der Waals surface area (Å²) in [6, 6.07) is 12.1. The minimum Gasteiger partial charge on any atom is -0.485 e. The molecule has 2 aromatic rings. The van der Waals surface area contributed by atoms with Crippen LogP contribution in [-0.4, -0.2) is 67.1 Å². The molecule has 1 fully saturated rings. The Morgan fingerprint density at radius 1 is 1.00 bits per heavy atom. The fourth-order valence-electron chi connectivity index (χ4n) is 3.34. The second kappa shape index (κ2) is 9.02. The van der Waals surface area contributed by atoms with Gasteiger partial charge < -0.3 is 24.0 Å². The van der Waals surface area contributed by atoms with Crippen molar-refractivity contribution in [1.82, 2.24) is 9.80 Å². The molecule has 0 spiro atoms. The molecule has 0 aliphatic carbocycles. The van der Waals surface area contributed by atoms with Gasteiger partial charge in [0.1, 0.15) is 12.4 Å². The third-order valence-electron chi connectivity index (χ3n) is 4.97. The van der Waals surface area contributed by atoms with Crippen molar-refractivity contribution in [3.05, 3.63) is 52.5 Å². The van der Waals surface area contributed by atoms with Gasteiger partial charge in [0.2, 0.25) is 6.10 Å². The topological polar surface area (TPSA) is 68.3 Å². The number of hydrogen-bond acceptors (Lipinski definition) is 5. The minimum absolute atomic E-state index is 0.140. The number of piperazine rings is 1. The molecular formula is C21H20Cl2N2O5. The number of carbonyl (C=O) groups is 2. The quantitative estimate of drug-likeness (QED) is 0.716. The standard InChI is InChI=1S/C21H20Cl2N2O5/c22-14-5-6-15(23)18(11-14)29-13-20(26)24-7-9-25(10-8-24)21(27)19-12-28-16-3-1-2-4-17(16)30-19/h1-6,11,19H,7-10,12-13H2. The normalized spacial score (nSPS) is 18.1. The summed E-state index contributed by atoms with van der Waals surface area (Å²) < 4.78 is 16.9. The van der Waals surface area contributed by atoms with Gasteiger partial charge in [-0.25, -0.2) is 0 Å². The number of benzene rings is 2. The van der Waals surface area contributed by atoms with Crippen molar-refractivity contribution in [2.75, 3.05) is 39.4 Å². The van der Waals surface area contributed by atoms with Crippen molar-refractivity contribution < 1.29 is 23.8 Å². The van der Waals surface area contributed by atoms with Crippen molar-refractivity contribution in [3.63, 3.8) is 0 Å². The zero-order chi connectivity index (χ0) is 21.1. The van der Waals surface area contributed by atoms with E-state index in [2.05, 4.69) is 0 Å². The molecule has 9 heteroatoms. The first kappa shape index (κ1) is 20.6. The highest BCUT2D eigenvalue weighted by molar-refractivity contribution is 6.34. The van der Waals surface area contributed by atoms with Crippen LogP contribution >= 0.6 is 23.2 Å². The maximum absolute atomic E-state index is 12.8. The SMILES string of the molecule is O=C(COc1cc(Cl)ccc1Cl)N1CCN(C(=O)C2COc3ccccc3O2)CC1. The molecule has 4 rings (SSSR count). The molecular weight excluding hydrogens is 431 g/mol. The van der Waals surface area contributed by atoms with Gasteiger partial charge in [-0.1, -0.05) is 35.3 Å². The van der Waals surface area contributed by atoms with Gasteiger partial charge in [-0.3, -0.25) is 9.59 Å². The van der Waals surface area contributed by atoms with Crippen molar-refractivity contribution in [2.45, 2.75) is 6.10 Å². The maximum Gasteiger partial charge on any atom is 0.267 e. The molecule has 1 saturated heterocycles. The van der Waals surface area contributed by atoms with E-state index < -0.39 is 6.10 Å². The van der Waals surface area contributed by atoms with Crippen molar-refractivity contribution in [3.8, 4) is 17.2 Å². The summed E-state index contributed by atoms with van der Waals surface area (Å²) in [6.45, 7) is 1.70.